The highest BCUT2D eigenvalue weighted by Gasteiger charge is 2.39. The van der Waals surface area contributed by atoms with Gasteiger partial charge in [0.05, 0.1) is 11.0 Å². The van der Waals surface area contributed by atoms with Crippen molar-refractivity contribution in [3.05, 3.63) is 143 Å². The van der Waals surface area contributed by atoms with Crippen LogP contribution in [0.5, 0.6) is 0 Å². The van der Waals surface area contributed by atoms with E-state index in [4.69, 9.17) is 14.4 Å². The summed E-state index contributed by atoms with van der Waals surface area (Å²) in [5, 5.41) is 3.73. The molecule has 0 N–H and O–H groups in total. The molecule has 3 aliphatic rings. The maximum absolute atomic E-state index is 6.36. The number of para-hydroxylation sites is 1. The Morgan fingerprint density at radius 3 is 2.40 bits per heavy atom. The van der Waals surface area contributed by atoms with Gasteiger partial charge in [-0.1, -0.05) is 80.6 Å². The molecule has 3 heterocycles. The van der Waals surface area contributed by atoms with Crippen molar-refractivity contribution < 1.29 is 4.42 Å². The molecule has 4 nitrogen and oxygen atoms in total. The third kappa shape index (κ3) is 3.88. The van der Waals surface area contributed by atoms with E-state index in [0.717, 1.165) is 59.2 Å². The van der Waals surface area contributed by atoms with E-state index in [0.29, 0.717) is 5.95 Å². The summed E-state index contributed by atoms with van der Waals surface area (Å²) in [6.45, 7) is 4.75. The number of fused-ring (bicyclic) bond motifs is 8. The van der Waals surface area contributed by atoms with E-state index < -0.39 is 0 Å². The molecule has 3 aromatic heterocycles. The molecule has 0 amide bonds. The molecule has 4 aromatic carbocycles. The van der Waals surface area contributed by atoms with Crippen LogP contribution in [0.4, 0.5) is 0 Å². The number of benzene rings is 4. The number of hydrogen-bond donors (Lipinski definition) is 0. The third-order valence-electron chi connectivity index (χ3n) is 10.7. The molecular formula is C43H33N3O. The lowest BCUT2D eigenvalue weighted by atomic mass is 9.78. The van der Waals surface area contributed by atoms with Crippen LogP contribution in [0.3, 0.4) is 0 Å². The number of nitrogens with zero attached hydrogens (tertiary/aromatic N) is 3. The molecule has 47 heavy (non-hydrogen) atoms. The molecule has 0 spiro atoms. The van der Waals surface area contributed by atoms with Crippen LogP contribution in [-0.4, -0.2) is 14.5 Å². The van der Waals surface area contributed by atoms with Crippen LogP contribution in [0.25, 0.3) is 67.1 Å². The molecule has 0 atom stereocenters. The molecule has 0 saturated heterocycles. The Balaban J connectivity index is 1.07. The first-order valence-corrected chi connectivity index (χ1v) is 16.7. The molecule has 0 unspecified atom stereocenters. The molecule has 226 valence electrons. The van der Waals surface area contributed by atoms with Gasteiger partial charge in [-0.25, -0.2) is 9.97 Å². The van der Waals surface area contributed by atoms with Crippen LogP contribution in [0.2, 0.25) is 0 Å². The van der Waals surface area contributed by atoms with E-state index in [-0.39, 0.29) is 5.41 Å². The Kier molecular flexibility index (Phi) is 5.55. The van der Waals surface area contributed by atoms with Crippen molar-refractivity contribution in [3.63, 3.8) is 0 Å². The Labute approximate surface area is 273 Å². The molecular weight excluding hydrogens is 574 g/mol. The van der Waals surface area contributed by atoms with Gasteiger partial charge >= 0.3 is 0 Å². The lowest BCUT2D eigenvalue weighted by Gasteiger charge is -2.26. The van der Waals surface area contributed by atoms with Gasteiger partial charge in [0.25, 0.3) is 0 Å². The molecule has 0 bridgehead atoms. The summed E-state index contributed by atoms with van der Waals surface area (Å²) in [6.07, 6.45) is 14.9. The van der Waals surface area contributed by atoms with Crippen molar-refractivity contribution >= 4 is 50.0 Å². The van der Waals surface area contributed by atoms with Crippen molar-refractivity contribution in [2.45, 2.75) is 44.9 Å². The maximum Gasteiger partial charge on any atom is 0.234 e. The van der Waals surface area contributed by atoms with Crippen molar-refractivity contribution in [2.75, 3.05) is 0 Å². The average molecular weight is 608 g/mol. The number of rotatable bonds is 3. The van der Waals surface area contributed by atoms with E-state index in [2.05, 4.69) is 103 Å². The molecule has 0 saturated carbocycles. The lowest BCUT2D eigenvalue weighted by Crippen LogP contribution is -2.17. The fourth-order valence-electron chi connectivity index (χ4n) is 8.33. The second kappa shape index (κ2) is 9.76. The lowest BCUT2D eigenvalue weighted by molar-refractivity contribution is 0.591. The quantitative estimate of drug-likeness (QED) is 0.201. The van der Waals surface area contributed by atoms with Gasteiger partial charge in [-0.15, -0.1) is 0 Å². The minimum Gasteiger partial charge on any atom is -0.456 e. The summed E-state index contributed by atoms with van der Waals surface area (Å²) in [5.74, 6) is 1.73. The molecule has 0 aliphatic heterocycles. The van der Waals surface area contributed by atoms with Crippen LogP contribution in [0.15, 0.2) is 119 Å². The molecule has 3 aliphatic carbocycles. The second-order valence-electron chi connectivity index (χ2n) is 13.7. The SMILES string of the molecule is CC1(C)C2=C(CCC(c3ccc4c(c3)c3ccccc3n4-c3ncc(-c4ccccc4)cn3)=C2)c2cc3c4c(oc3cc21)C=CCC4. The number of aryl methyl sites for hydroxylation is 1. The first kappa shape index (κ1) is 26.7. The van der Waals surface area contributed by atoms with E-state index in [9.17, 15) is 0 Å². The van der Waals surface area contributed by atoms with Gasteiger partial charge in [-0.3, -0.25) is 4.57 Å². The third-order valence-corrected chi connectivity index (χ3v) is 10.7. The van der Waals surface area contributed by atoms with Crippen LogP contribution < -0.4 is 0 Å². The zero-order valence-corrected chi connectivity index (χ0v) is 26.5. The maximum atomic E-state index is 6.36. The second-order valence-corrected chi connectivity index (χ2v) is 13.7. The number of allylic oxidation sites excluding steroid dienone is 5. The molecule has 10 rings (SSSR count). The van der Waals surface area contributed by atoms with Gasteiger partial charge in [0, 0.05) is 45.1 Å². The van der Waals surface area contributed by atoms with Gasteiger partial charge in [-0.05, 0) is 101 Å². The van der Waals surface area contributed by atoms with E-state index >= 15 is 0 Å². The minimum absolute atomic E-state index is 0.0863. The summed E-state index contributed by atoms with van der Waals surface area (Å²) < 4.78 is 8.55. The summed E-state index contributed by atoms with van der Waals surface area (Å²) in [4.78, 5) is 9.69. The first-order valence-electron chi connectivity index (χ1n) is 16.7. The van der Waals surface area contributed by atoms with Crippen molar-refractivity contribution in [1.29, 1.82) is 0 Å². The van der Waals surface area contributed by atoms with Crippen molar-refractivity contribution in [1.82, 2.24) is 14.5 Å². The first-order chi connectivity index (χ1) is 23.0. The highest BCUT2D eigenvalue weighted by atomic mass is 16.3. The van der Waals surface area contributed by atoms with Gasteiger partial charge in [0.2, 0.25) is 5.95 Å². The van der Waals surface area contributed by atoms with Gasteiger partial charge in [0.1, 0.15) is 11.3 Å². The zero-order chi connectivity index (χ0) is 31.3. The van der Waals surface area contributed by atoms with Crippen LogP contribution >= 0.6 is 0 Å². The van der Waals surface area contributed by atoms with Gasteiger partial charge < -0.3 is 4.42 Å². The predicted molar refractivity (Wildman–Crippen MR) is 193 cm³/mol. The average Bonchev–Trinajstić information content (AvgIpc) is 3.73. The van der Waals surface area contributed by atoms with Crippen LogP contribution in [0.1, 0.15) is 61.1 Å². The number of furan rings is 1. The van der Waals surface area contributed by atoms with Crippen molar-refractivity contribution in [2.24, 2.45) is 0 Å². The van der Waals surface area contributed by atoms with Crippen LogP contribution in [0, 0.1) is 0 Å². The fourth-order valence-corrected chi connectivity index (χ4v) is 8.33. The topological polar surface area (TPSA) is 43.9 Å². The molecule has 4 heteroatoms. The Bertz CT molecular complexity index is 2520. The highest BCUT2D eigenvalue weighted by molar-refractivity contribution is 6.10. The Hall–Kier alpha value is -5.48. The monoisotopic (exact) mass is 607 g/mol. The molecule has 7 aromatic rings. The summed E-state index contributed by atoms with van der Waals surface area (Å²) >= 11 is 0. The summed E-state index contributed by atoms with van der Waals surface area (Å²) in [5.41, 5.74) is 15.1. The summed E-state index contributed by atoms with van der Waals surface area (Å²) in [6, 6.07) is 30.6. The number of hydrogen-bond acceptors (Lipinski definition) is 3. The highest BCUT2D eigenvalue weighted by Crippen LogP contribution is 2.53. The van der Waals surface area contributed by atoms with Crippen molar-refractivity contribution in [3.8, 4) is 17.1 Å². The Morgan fingerprint density at radius 2 is 1.53 bits per heavy atom. The fraction of sp³-hybridized carbons (Fsp3) is 0.163. The predicted octanol–water partition coefficient (Wildman–Crippen LogP) is 10.9. The van der Waals surface area contributed by atoms with E-state index in [1.165, 1.54) is 55.1 Å². The van der Waals surface area contributed by atoms with E-state index in [1.54, 1.807) is 0 Å². The van der Waals surface area contributed by atoms with Gasteiger partial charge in [-0.2, -0.15) is 0 Å². The zero-order valence-electron chi connectivity index (χ0n) is 26.5. The molecule has 0 radical (unpaired) electrons. The summed E-state index contributed by atoms with van der Waals surface area (Å²) in [7, 11) is 0. The molecule has 0 fully saturated rings. The normalized spacial score (nSPS) is 16.5. The van der Waals surface area contributed by atoms with E-state index in [1.807, 2.05) is 30.6 Å². The number of aromatic nitrogens is 3. The van der Waals surface area contributed by atoms with Crippen LogP contribution in [-0.2, 0) is 11.8 Å². The minimum atomic E-state index is -0.0863. The largest absolute Gasteiger partial charge is 0.456 e. The standard InChI is InChI=1S/C43H33N3O/c1-43(2)36-21-28(16-18-30(36)33-22-35-32-13-7-9-15-40(32)47-41(35)23-37(33)43)27-17-19-39-34(20-27)31-12-6-8-14-38(31)46(39)42-44-24-29(25-45-42)26-10-4-3-5-11-26/h3-6,8-12,14-15,17,19-25H,7,13,16,18H2,1-2H3. The Morgan fingerprint density at radius 1 is 0.723 bits per heavy atom. The van der Waals surface area contributed by atoms with Gasteiger partial charge in [0.15, 0.2) is 0 Å². The smallest absolute Gasteiger partial charge is 0.234 e.